The Balaban J connectivity index is 1.90. The summed E-state index contributed by atoms with van der Waals surface area (Å²) >= 11 is 1.39. The third-order valence-electron chi connectivity index (χ3n) is 4.66. The Morgan fingerprint density at radius 1 is 1.36 bits per heavy atom. The van der Waals surface area contributed by atoms with Crippen LogP contribution in [0.15, 0.2) is 24.3 Å². The van der Waals surface area contributed by atoms with Crippen LogP contribution in [0, 0.1) is 11.7 Å². The molecule has 25 heavy (non-hydrogen) atoms. The quantitative estimate of drug-likeness (QED) is 0.841. The summed E-state index contributed by atoms with van der Waals surface area (Å²) in [7, 11) is 0. The largest absolute Gasteiger partial charge is 0.365 e. The van der Waals surface area contributed by atoms with Crippen molar-refractivity contribution in [3.05, 3.63) is 51.7 Å². The monoisotopic (exact) mass is 360 g/mol. The fourth-order valence-electron chi connectivity index (χ4n) is 3.47. The Bertz CT molecular complexity index is 816. The topological polar surface area (TPSA) is 72.2 Å². The smallest absolute Gasteiger partial charge is 0.259 e. The molecule has 0 saturated carbocycles. The molecule has 3 N–H and O–H groups in total. The molecule has 1 aromatic carbocycles. The van der Waals surface area contributed by atoms with E-state index in [-0.39, 0.29) is 5.56 Å². The molecule has 3 rings (SSSR count). The lowest BCUT2D eigenvalue weighted by Gasteiger charge is -2.21. The van der Waals surface area contributed by atoms with Crippen LogP contribution in [0.3, 0.4) is 0 Å². The molecule has 4 nitrogen and oxygen atoms in total. The summed E-state index contributed by atoms with van der Waals surface area (Å²) in [6.07, 6.45) is 5.01. The number of nitrogens with two attached hydrogens (primary N) is 1. The third kappa shape index (κ3) is 3.58. The van der Waals surface area contributed by atoms with Gasteiger partial charge in [0.1, 0.15) is 10.8 Å². The van der Waals surface area contributed by atoms with Crippen molar-refractivity contribution < 1.29 is 14.0 Å². The molecule has 0 bridgehead atoms. The van der Waals surface area contributed by atoms with Crippen molar-refractivity contribution >= 4 is 28.2 Å². The van der Waals surface area contributed by atoms with Gasteiger partial charge in [-0.1, -0.05) is 31.9 Å². The molecule has 2 aromatic rings. The van der Waals surface area contributed by atoms with Crippen LogP contribution in [0.25, 0.3) is 0 Å². The summed E-state index contributed by atoms with van der Waals surface area (Å²) in [5.74, 6) is -1.10. The van der Waals surface area contributed by atoms with E-state index >= 15 is 0 Å². The van der Waals surface area contributed by atoms with Crippen molar-refractivity contribution in [1.29, 1.82) is 0 Å². The number of hydrogen-bond acceptors (Lipinski definition) is 3. The number of benzene rings is 1. The molecule has 1 aromatic heterocycles. The van der Waals surface area contributed by atoms with Crippen molar-refractivity contribution in [2.24, 2.45) is 11.7 Å². The first-order chi connectivity index (χ1) is 12.0. The highest BCUT2D eigenvalue weighted by atomic mass is 32.1. The first kappa shape index (κ1) is 17.6. The van der Waals surface area contributed by atoms with Gasteiger partial charge in [0.2, 0.25) is 0 Å². The Morgan fingerprint density at radius 2 is 2.12 bits per heavy atom. The second-order valence-electron chi connectivity index (χ2n) is 6.40. The average Bonchev–Trinajstić information content (AvgIpc) is 2.92. The molecule has 0 aliphatic heterocycles. The zero-order chi connectivity index (χ0) is 18.0. The van der Waals surface area contributed by atoms with Gasteiger partial charge in [-0.2, -0.15) is 0 Å². The second kappa shape index (κ2) is 7.35. The lowest BCUT2D eigenvalue weighted by molar-refractivity contribution is 0.1000. The number of primary amides is 1. The number of hydrogen-bond donors (Lipinski definition) is 2. The molecular formula is C19H21FN2O2S. The minimum Gasteiger partial charge on any atom is -0.365 e. The van der Waals surface area contributed by atoms with Crippen LogP contribution in [-0.4, -0.2) is 11.8 Å². The second-order valence-corrected chi connectivity index (χ2v) is 7.51. The maximum Gasteiger partial charge on any atom is 0.259 e. The Kier molecular flexibility index (Phi) is 5.18. The van der Waals surface area contributed by atoms with E-state index in [0.29, 0.717) is 16.5 Å². The summed E-state index contributed by atoms with van der Waals surface area (Å²) in [6.45, 7) is 2.17. The van der Waals surface area contributed by atoms with E-state index < -0.39 is 17.6 Å². The van der Waals surface area contributed by atoms with Crippen LogP contribution in [-0.2, 0) is 12.8 Å². The standard InChI is InChI=1S/C19H21FN2O2S/c1-2-5-11-8-9-13-15(10-11)25-19(16(13)17(21)23)22-18(24)12-6-3-4-7-14(12)20/h3-4,6-7,11H,2,5,8-10H2,1H3,(H2,21,23)(H,22,24)/t11-/m1/s1. The number of amides is 2. The fourth-order valence-corrected chi connectivity index (χ4v) is 4.84. The van der Waals surface area contributed by atoms with Crippen LogP contribution >= 0.6 is 11.3 Å². The molecule has 1 heterocycles. The minimum atomic E-state index is -0.593. The van der Waals surface area contributed by atoms with Crippen molar-refractivity contribution in [3.63, 3.8) is 0 Å². The lowest BCUT2D eigenvalue weighted by atomic mass is 9.84. The molecule has 0 saturated heterocycles. The van der Waals surface area contributed by atoms with E-state index in [1.54, 1.807) is 6.07 Å². The molecular weight excluding hydrogens is 339 g/mol. The summed E-state index contributed by atoms with van der Waals surface area (Å²) in [5.41, 5.74) is 6.86. The summed E-state index contributed by atoms with van der Waals surface area (Å²) in [4.78, 5) is 25.5. The van der Waals surface area contributed by atoms with E-state index in [0.717, 1.165) is 42.5 Å². The Hall–Kier alpha value is -2.21. The molecule has 6 heteroatoms. The zero-order valence-electron chi connectivity index (χ0n) is 14.1. The van der Waals surface area contributed by atoms with Gasteiger partial charge in [0.15, 0.2) is 0 Å². The predicted octanol–water partition coefficient (Wildman–Crippen LogP) is 4.14. The van der Waals surface area contributed by atoms with Gasteiger partial charge in [-0.3, -0.25) is 9.59 Å². The van der Waals surface area contributed by atoms with Crippen molar-refractivity contribution in [2.45, 2.75) is 39.0 Å². The lowest BCUT2D eigenvalue weighted by Crippen LogP contribution is -2.20. The number of anilines is 1. The van der Waals surface area contributed by atoms with Gasteiger partial charge >= 0.3 is 0 Å². The van der Waals surface area contributed by atoms with Gasteiger partial charge in [-0.15, -0.1) is 11.3 Å². The van der Waals surface area contributed by atoms with Gasteiger partial charge in [0.05, 0.1) is 11.1 Å². The number of fused-ring (bicyclic) bond motifs is 1. The molecule has 0 spiro atoms. The molecule has 1 aliphatic rings. The Morgan fingerprint density at radius 3 is 2.80 bits per heavy atom. The number of carbonyl (C=O) groups is 2. The highest BCUT2D eigenvalue weighted by Gasteiger charge is 2.28. The summed E-state index contributed by atoms with van der Waals surface area (Å²) in [5, 5.41) is 3.13. The molecule has 2 amide bonds. The minimum absolute atomic E-state index is 0.0480. The van der Waals surface area contributed by atoms with E-state index in [1.165, 1.54) is 29.5 Å². The van der Waals surface area contributed by atoms with Crippen molar-refractivity contribution in [3.8, 4) is 0 Å². The van der Waals surface area contributed by atoms with Gasteiger partial charge < -0.3 is 11.1 Å². The SMILES string of the molecule is CCC[C@@H]1CCc2c(sc(NC(=O)c3ccccc3F)c2C(N)=O)C1. The van der Waals surface area contributed by atoms with E-state index in [4.69, 9.17) is 5.73 Å². The Labute approximate surface area is 150 Å². The van der Waals surface area contributed by atoms with Gasteiger partial charge in [0.25, 0.3) is 11.8 Å². The van der Waals surface area contributed by atoms with Crippen LogP contribution in [0.5, 0.6) is 0 Å². The van der Waals surface area contributed by atoms with Crippen LogP contribution in [0.2, 0.25) is 0 Å². The fraction of sp³-hybridized carbons (Fsp3) is 0.368. The van der Waals surface area contributed by atoms with Gasteiger partial charge in [-0.25, -0.2) is 4.39 Å². The molecule has 0 radical (unpaired) electrons. The first-order valence-corrected chi connectivity index (χ1v) is 9.33. The molecule has 0 unspecified atom stereocenters. The number of thiophene rings is 1. The molecule has 132 valence electrons. The molecule has 0 fully saturated rings. The maximum atomic E-state index is 13.8. The van der Waals surface area contributed by atoms with Crippen molar-refractivity contribution in [2.75, 3.05) is 5.32 Å². The number of rotatable bonds is 5. The summed E-state index contributed by atoms with van der Waals surface area (Å²) in [6, 6.07) is 5.78. The molecule has 1 atom stereocenters. The first-order valence-electron chi connectivity index (χ1n) is 8.51. The highest BCUT2D eigenvalue weighted by molar-refractivity contribution is 7.17. The number of carbonyl (C=O) groups excluding carboxylic acids is 2. The van der Waals surface area contributed by atoms with E-state index in [2.05, 4.69) is 12.2 Å². The van der Waals surface area contributed by atoms with Gasteiger partial charge in [0, 0.05) is 4.88 Å². The van der Waals surface area contributed by atoms with Crippen molar-refractivity contribution in [1.82, 2.24) is 0 Å². The third-order valence-corrected chi connectivity index (χ3v) is 5.83. The highest BCUT2D eigenvalue weighted by Crippen LogP contribution is 2.40. The van der Waals surface area contributed by atoms with Gasteiger partial charge in [-0.05, 0) is 42.9 Å². The average molecular weight is 360 g/mol. The normalized spacial score (nSPS) is 16.3. The van der Waals surface area contributed by atoms with Crippen LogP contribution < -0.4 is 11.1 Å². The molecule has 1 aliphatic carbocycles. The predicted molar refractivity (Wildman–Crippen MR) is 97.6 cm³/mol. The number of nitrogens with one attached hydrogen (secondary N) is 1. The van der Waals surface area contributed by atoms with E-state index in [9.17, 15) is 14.0 Å². The summed E-state index contributed by atoms with van der Waals surface area (Å²) < 4.78 is 13.8. The zero-order valence-corrected chi connectivity index (χ0v) is 14.9. The maximum absolute atomic E-state index is 13.8. The van der Waals surface area contributed by atoms with Crippen LogP contribution in [0.1, 0.15) is 57.3 Å². The van der Waals surface area contributed by atoms with E-state index in [1.807, 2.05) is 0 Å². The number of halogens is 1. The van der Waals surface area contributed by atoms with Crippen LogP contribution in [0.4, 0.5) is 9.39 Å².